The van der Waals surface area contributed by atoms with Crippen LogP contribution in [0.3, 0.4) is 0 Å². The van der Waals surface area contributed by atoms with Crippen molar-refractivity contribution < 1.29 is 0 Å². The summed E-state index contributed by atoms with van der Waals surface area (Å²) in [7, 11) is 0. The Hall–Kier alpha value is -2.28. The number of aryl methyl sites for hydroxylation is 1. The minimum absolute atomic E-state index is 1.06. The summed E-state index contributed by atoms with van der Waals surface area (Å²) in [6.45, 7) is 4.43. The Labute approximate surface area is 119 Å². The highest BCUT2D eigenvalue weighted by Crippen LogP contribution is 2.33. The topological polar surface area (TPSA) is 4.93 Å². The third-order valence-electron chi connectivity index (χ3n) is 4.46. The van der Waals surface area contributed by atoms with Crippen LogP contribution in [0.5, 0.6) is 0 Å². The molecule has 0 fully saturated rings. The second-order valence-electron chi connectivity index (χ2n) is 5.52. The summed E-state index contributed by atoms with van der Waals surface area (Å²) < 4.78 is 2.40. The Kier molecular flexibility index (Phi) is 2.37. The molecule has 0 aliphatic heterocycles. The fraction of sp³-hybridized carbons (Fsp3) is 0.158. The lowest BCUT2D eigenvalue weighted by Crippen LogP contribution is -2.00. The first-order valence-electron chi connectivity index (χ1n) is 7.13. The van der Waals surface area contributed by atoms with Gasteiger partial charge in [0, 0.05) is 16.6 Å². The van der Waals surface area contributed by atoms with Crippen LogP contribution in [0.1, 0.15) is 22.4 Å². The Morgan fingerprint density at radius 2 is 1.80 bits per heavy atom. The number of rotatable bonds is 1. The van der Waals surface area contributed by atoms with Gasteiger partial charge in [0.15, 0.2) is 0 Å². The number of aromatic nitrogens is 1. The number of allylic oxidation sites excluding steroid dienone is 1. The molecule has 98 valence electrons. The van der Waals surface area contributed by atoms with E-state index in [0.29, 0.717) is 0 Å². The van der Waals surface area contributed by atoms with E-state index in [1.165, 1.54) is 39.0 Å². The van der Waals surface area contributed by atoms with Gasteiger partial charge >= 0.3 is 0 Å². The smallest absolute Gasteiger partial charge is 0.0534 e. The molecule has 0 spiro atoms. The number of hydrogen-bond donors (Lipinski definition) is 0. The van der Waals surface area contributed by atoms with Crippen LogP contribution in [0.15, 0.2) is 48.5 Å². The molecule has 0 radical (unpaired) electrons. The molecule has 1 heteroatoms. The summed E-state index contributed by atoms with van der Waals surface area (Å²) in [6.07, 6.45) is 5.57. The molecule has 0 atom stereocenters. The van der Waals surface area contributed by atoms with Gasteiger partial charge in [0.05, 0.1) is 11.2 Å². The summed E-state index contributed by atoms with van der Waals surface area (Å²) in [6, 6.07) is 15.3. The summed E-state index contributed by atoms with van der Waals surface area (Å²) in [5.74, 6) is 0. The van der Waals surface area contributed by atoms with Crippen LogP contribution < -0.4 is 0 Å². The van der Waals surface area contributed by atoms with Gasteiger partial charge in [-0.1, -0.05) is 42.5 Å². The third-order valence-corrected chi connectivity index (χ3v) is 4.46. The number of benzene rings is 2. The first kappa shape index (κ1) is 11.5. The number of hydrogen-bond acceptors (Lipinski definition) is 0. The van der Waals surface area contributed by atoms with Crippen molar-refractivity contribution in [3.8, 4) is 5.69 Å². The number of nitrogens with zero attached hydrogens (tertiary/aromatic N) is 1. The van der Waals surface area contributed by atoms with E-state index in [0.717, 1.165) is 6.42 Å². The van der Waals surface area contributed by atoms with Gasteiger partial charge in [-0.05, 0) is 43.5 Å². The molecule has 0 saturated heterocycles. The van der Waals surface area contributed by atoms with Crippen molar-refractivity contribution in [3.05, 3.63) is 70.9 Å². The molecule has 2 aromatic carbocycles. The molecule has 1 aliphatic carbocycles. The summed E-state index contributed by atoms with van der Waals surface area (Å²) in [4.78, 5) is 0. The maximum atomic E-state index is 2.40. The van der Waals surface area contributed by atoms with Gasteiger partial charge < -0.3 is 4.57 Å². The average Bonchev–Trinajstić information content (AvgIpc) is 3.04. The summed E-state index contributed by atoms with van der Waals surface area (Å²) >= 11 is 0. The van der Waals surface area contributed by atoms with Crippen molar-refractivity contribution in [2.75, 3.05) is 0 Å². The fourth-order valence-electron chi connectivity index (χ4n) is 3.31. The highest BCUT2D eigenvalue weighted by Gasteiger charge is 2.16. The zero-order valence-electron chi connectivity index (χ0n) is 11.9. The van der Waals surface area contributed by atoms with E-state index in [4.69, 9.17) is 0 Å². The summed E-state index contributed by atoms with van der Waals surface area (Å²) in [5.41, 5.74) is 8.11. The van der Waals surface area contributed by atoms with E-state index in [1.54, 1.807) is 0 Å². The molecule has 3 aromatic rings. The van der Waals surface area contributed by atoms with E-state index < -0.39 is 0 Å². The lowest BCUT2D eigenvalue weighted by atomic mass is 10.1. The predicted octanol–water partition coefficient (Wildman–Crippen LogP) is 4.82. The highest BCUT2D eigenvalue weighted by molar-refractivity contribution is 5.88. The monoisotopic (exact) mass is 259 g/mol. The predicted molar refractivity (Wildman–Crippen MR) is 85.5 cm³/mol. The summed E-state index contributed by atoms with van der Waals surface area (Å²) in [5, 5.41) is 1.35. The molecule has 1 aliphatic rings. The quantitative estimate of drug-likeness (QED) is 0.590. The molecular formula is C19H17N. The third kappa shape index (κ3) is 1.44. The first-order chi connectivity index (χ1) is 9.77. The standard InChI is InChI=1S/C19H17N/c1-13-14(2)20(18-11-4-3-9-16(13)18)19-12-6-8-15-7-5-10-17(15)19/h3-6,8-12H,7H2,1-2H3. The van der Waals surface area contributed by atoms with E-state index in [-0.39, 0.29) is 0 Å². The van der Waals surface area contributed by atoms with Crippen LogP contribution in [0.25, 0.3) is 22.7 Å². The zero-order valence-corrected chi connectivity index (χ0v) is 11.9. The molecule has 20 heavy (non-hydrogen) atoms. The maximum Gasteiger partial charge on any atom is 0.0534 e. The normalized spacial score (nSPS) is 13.1. The van der Waals surface area contributed by atoms with Crippen molar-refractivity contribution in [2.45, 2.75) is 20.3 Å². The zero-order chi connectivity index (χ0) is 13.7. The second-order valence-corrected chi connectivity index (χ2v) is 5.52. The Balaban J connectivity index is 2.12. The Morgan fingerprint density at radius 3 is 2.70 bits per heavy atom. The molecule has 1 nitrogen and oxygen atoms in total. The van der Waals surface area contributed by atoms with Crippen molar-refractivity contribution in [1.29, 1.82) is 0 Å². The van der Waals surface area contributed by atoms with Crippen LogP contribution >= 0.6 is 0 Å². The van der Waals surface area contributed by atoms with Crippen molar-refractivity contribution in [3.63, 3.8) is 0 Å². The molecule has 1 heterocycles. The van der Waals surface area contributed by atoms with Crippen LogP contribution in [0.2, 0.25) is 0 Å². The van der Waals surface area contributed by atoms with Crippen LogP contribution in [0, 0.1) is 13.8 Å². The van der Waals surface area contributed by atoms with Gasteiger partial charge in [0.2, 0.25) is 0 Å². The lowest BCUT2D eigenvalue weighted by Gasteiger charge is -2.13. The van der Waals surface area contributed by atoms with E-state index >= 15 is 0 Å². The highest BCUT2D eigenvalue weighted by atomic mass is 15.0. The second kappa shape index (κ2) is 4.11. The van der Waals surface area contributed by atoms with Gasteiger partial charge in [-0.2, -0.15) is 0 Å². The van der Waals surface area contributed by atoms with Gasteiger partial charge in [0.1, 0.15) is 0 Å². The van der Waals surface area contributed by atoms with E-state index in [9.17, 15) is 0 Å². The van der Waals surface area contributed by atoms with E-state index in [1.807, 2.05) is 0 Å². The van der Waals surface area contributed by atoms with Gasteiger partial charge in [0.25, 0.3) is 0 Å². The van der Waals surface area contributed by atoms with E-state index in [2.05, 4.69) is 73.0 Å². The first-order valence-corrected chi connectivity index (χ1v) is 7.13. The average molecular weight is 259 g/mol. The number of para-hydroxylation sites is 1. The molecule has 0 saturated carbocycles. The van der Waals surface area contributed by atoms with Crippen molar-refractivity contribution in [1.82, 2.24) is 4.57 Å². The molecule has 0 unspecified atom stereocenters. The maximum absolute atomic E-state index is 2.40. The van der Waals surface area contributed by atoms with Gasteiger partial charge in [-0.25, -0.2) is 0 Å². The van der Waals surface area contributed by atoms with Gasteiger partial charge in [-0.15, -0.1) is 0 Å². The molecule has 0 amide bonds. The van der Waals surface area contributed by atoms with Crippen molar-refractivity contribution in [2.24, 2.45) is 0 Å². The minimum atomic E-state index is 1.06. The minimum Gasteiger partial charge on any atom is -0.313 e. The molecule has 0 bridgehead atoms. The van der Waals surface area contributed by atoms with Crippen molar-refractivity contribution >= 4 is 17.0 Å². The molecule has 0 N–H and O–H groups in total. The largest absolute Gasteiger partial charge is 0.313 e. The SMILES string of the molecule is Cc1c(C)n(-c2cccc3c2C=CC3)c2ccccc12. The Morgan fingerprint density at radius 1 is 0.950 bits per heavy atom. The van der Waals surface area contributed by atoms with Crippen LogP contribution in [-0.4, -0.2) is 4.57 Å². The fourth-order valence-corrected chi connectivity index (χ4v) is 3.31. The molecular weight excluding hydrogens is 242 g/mol. The van der Waals surface area contributed by atoms with Crippen LogP contribution in [0.4, 0.5) is 0 Å². The van der Waals surface area contributed by atoms with Gasteiger partial charge in [-0.3, -0.25) is 0 Å². The Bertz CT molecular complexity index is 850. The molecule has 4 rings (SSSR count). The molecule has 1 aromatic heterocycles. The van der Waals surface area contributed by atoms with Crippen LogP contribution in [-0.2, 0) is 6.42 Å². The number of fused-ring (bicyclic) bond motifs is 2. The lowest BCUT2D eigenvalue weighted by molar-refractivity contribution is 1.03.